The second-order valence-corrected chi connectivity index (χ2v) is 10.6. The number of benzene rings is 2. The highest BCUT2D eigenvalue weighted by atomic mass is 32.1. The van der Waals surface area contributed by atoms with Gasteiger partial charge < -0.3 is 19.7 Å². The van der Waals surface area contributed by atoms with Gasteiger partial charge in [-0.15, -0.1) is 0 Å². The number of nitrogens with one attached hydrogen (secondary N) is 1. The zero-order valence-corrected chi connectivity index (χ0v) is 23.5. The van der Waals surface area contributed by atoms with Gasteiger partial charge >= 0.3 is 0 Å². The Labute approximate surface area is 224 Å². The Hall–Kier alpha value is -2.81. The SMILES string of the molecule is Cc1ccc2c(c1)sc(-c1ccc(N(C)CCC(=O)NCCOCCOCCC(=O)C(C)C)cc1)[n+]2C. The van der Waals surface area contributed by atoms with E-state index in [-0.39, 0.29) is 17.6 Å². The molecule has 37 heavy (non-hydrogen) atoms. The molecule has 3 aromatic rings. The van der Waals surface area contributed by atoms with Crippen LogP contribution in [0.3, 0.4) is 0 Å². The Balaban J connectivity index is 1.33. The summed E-state index contributed by atoms with van der Waals surface area (Å²) in [6, 6.07) is 15.1. The lowest BCUT2D eigenvalue weighted by molar-refractivity contribution is -0.629. The molecule has 1 aromatic heterocycles. The summed E-state index contributed by atoms with van der Waals surface area (Å²) < 4.78 is 14.4. The van der Waals surface area contributed by atoms with Crippen LogP contribution in [0, 0.1) is 12.8 Å². The molecule has 0 radical (unpaired) electrons. The van der Waals surface area contributed by atoms with Gasteiger partial charge in [0.25, 0.3) is 5.01 Å². The summed E-state index contributed by atoms with van der Waals surface area (Å²) in [5.74, 6) is 0.264. The van der Waals surface area contributed by atoms with Gasteiger partial charge in [-0.05, 0) is 42.8 Å². The molecule has 0 aliphatic carbocycles. The maximum absolute atomic E-state index is 12.2. The predicted octanol–water partition coefficient (Wildman–Crippen LogP) is 4.29. The lowest BCUT2D eigenvalue weighted by Gasteiger charge is -2.19. The van der Waals surface area contributed by atoms with Crippen molar-refractivity contribution in [3.8, 4) is 10.6 Å². The number of anilines is 1. The van der Waals surface area contributed by atoms with Crippen molar-refractivity contribution in [3.05, 3.63) is 48.0 Å². The maximum atomic E-state index is 12.2. The van der Waals surface area contributed by atoms with Crippen molar-refractivity contribution in [1.29, 1.82) is 0 Å². The number of ketones is 1. The number of ether oxygens (including phenoxy) is 2. The van der Waals surface area contributed by atoms with E-state index in [1.807, 2.05) is 20.9 Å². The van der Waals surface area contributed by atoms with E-state index in [2.05, 4.69) is 71.2 Å². The highest BCUT2D eigenvalue weighted by Gasteiger charge is 2.19. The van der Waals surface area contributed by atoms with Crippen molar-refractivity contribution in [2.75, 3.05) is 51.5 Å². The summed E-state index contributed by atoms with van der Waals surface area (Å²) in [6.07, 6.45) is 0.854. The summed E-state index contributed by atoms with van der Waals surface area (Å²) in [5.41, 5.74) is 4.78. The number of fused-ring (bicyclic) bond motifs is 1. The van der Waals surface area contributed by atoms with Gasteiger partial charge in [0, 0.05) is 50.7 Å². The summed E-state index contributed by atoms with van der Waals surface area (Å²) in [5, 5.41) is 4.12. The minimum Gasteiger partial charge on any atom is -0.379 e. The average Bonchev–Trinajstić information content (AvgIpc) is 3.21. The molecule has 0 aliphatic heterocycles. The van der Waals surface area contributed by atoms with E-state index in [1.54, 1.807) is 11.3 Å². The van der Waals surface area contributed by atoms with E-state index in [9.17, 15) is 9.59 Å². The van der Waals surface area contributed by atoms with Crippen molar-refractivity contribution in [3.63, 3.8) is 0 Å². The quantitative estimate of drug-likeness (QED) is 0.236. The third-order valence-electron chi connectivity index (χ3n) is 6.29. The summed E-state index contributed by atoms with van der Waals surface area (Å²) in [6.45, 7) is 8.76. The number of thiazole rings is 1. The van der Waals surface area contributed by atoms with Crippen LogP contribution in [0.4, 0.5) is 5.69 Å². The van der Waals surface area contributed by atoms with E-state index in [4.69, 9.17) is 9.47 Å². The van der Waals surface area contributed by atoms with Gasteiger partial charge in [-0.1, -0.05) is 31.3 Å². The second kappa shape index (κ2) is 14.2. The van der Waals surface area contributed by atoms with Gasteiger partial charge in [0.1, 0.15) is 17.5 Å². The van der Waals surface area contributed by atoms with E-state index in [1.165, 1.54) is 26.4 Å². The molecule has 1 amide bonds. The van der Waals surface area contributed by atoms with Gasteiger partial charge in [0.05, 0.1) is 32.0 Å². The second-order valence-electron chi connectivity index (χ2n) is 9.60. The van der Waals surface area contributed by atoms with Gasteiger partial charge in [0.2, 0.25) is 11.4 Å². The summed E-state index contributed by atoms with van der Waals surface area (Å²) in [7, 11) is 4.11. The standard InChI is InChI=1S/C29H39N3O4S/c1-21(2)26(33)13-16-35-18-19-36-17-14-30-28(34)12-15-31(4)24-9-7-23(8-10-24)29-32(5)25-11-6-22(3)20-27(25)37-29/h6-11,20-21H,12-19H2,1-5H3/p+1. The van der Waals surface area contributed by atoms with Crippen LogP contribution in [0.25, 0.3) is 20.8 Å². The van der Waals surface area contributed by atoms with Crippen LogP contribution in [0.1, 0.15) is 32.3 Å². The monoisotopic (exact) mass is 526 g/mol. The van der Waals surface area contributed by atoms with Crippen molar-refractivity contribution >= 4 is 38.9 Å². The molecule has 0 atom stereocenters. The number of aromatic nitrogens is 1. The van der Waals surface area contributed by atoms with Crippen LogP contribution in [-0.2, 0) is 26.1 Å². The number of carbonyl (C=O) groups excluding carboxylic acids is 2. The molecule has 1 heterocycles. The Kier molecular flexibility index (Phi) is 11.0. The van der Waals surface area contributed by atoms with Crippen LogP contribution in [0.5, 0.6) is 0 Å². The molecule has 200 valence electrons. The molecule has 8 heteroatoms. The highest BCUT2D eigenvalue weighted by Crippen LogP contribution is 2.30. The van der Waals surface area contributed by atoms with E-state index >= 15 is 0 Å². The molecule has 0 fully saturated rings. The largest absolute Gasteiger partial charge is 0.379 e. The molecule has 0 saturated heterocycles. The molecule has 0 bridgehead atoms. The topological polar surface area (TPSA) is 71.8 Å². The smallest absolute Gasteiger partial charge is 0.269 e. The molecule has 3 rings (SSSR count). The molecule has 2 aromatic carbocycles. The normalized spacial score (nSPS) is 11.3. The third-order valence-corrected chi connectivity index (χ3v) is 7.54. The molecular formula is C29H40N3O4S+. The number of Topliss-reactive ketones (excluding diaryl/α,β-unsaturated/α-hetero) is 1. The van der Waals surface area contributed by atoms with Gasteiger partial charge in [-0.3, -0.25) is 9.59 Å². The molecule has 0 spiro atoms. The van der Waals surface area contributed by atoms with Gasteiger partial charge in [-0.2, -0.15) is 4.57 Å². The first-order valence-corrected chi connectivity index (χ1v) is 13.7. The fourth-order valence-electron chi connectivity index (χ4n) is 3.91. The Morgan fingerprint density at radius 1 is 1.00 bits per heavy atom. The summed E-state index contributed by atoms with van der Waals surface area (Å²) in [4.78, 5) is 25.8. The maximum Gasteiger partial charge on any atom is 0.269 e. The molecule has 0 aliphatic rings. The minimum absolute atomic E-state index is 0.00288. The first kappa shape index (κ1) is 28.8. The third kappa shape index (κ3) is 8.62. The van der Waals surface area contributed by atoms with Gasteiger partial charge in [0.15, 0.2) is 0 Å². The fraction of sp³-hybridized carbons (Fsp3) is 0.483. The molecular weight excluding hydrogens is 486 g/mol. The zero-order valence-electron chi connectivity index (χ0n) is 22.7. The molecule has 1 N–H and O–H groups in total. The van der Waals surface area contributed by atoms with Crippen molar-refractivity contribution < 1.29 is 23.6 Å². The van der Waals surface area contributed by atoms with Crippen molar-refractivity contribution in [2.24, 2.45) is 13.0 Å². The van der Waals surface area contributed by atoms with Crippen LogP contribution < -0.4 is 14.8 Å². The number of hydrogen-bond acceptors (Lipinski definition) is 6. The lowest BCUT2D eigenvalue weighted by Crippen LogP contribution is -2.31. The Bertz CT molecular complexity index is 1170. The zero-order chi connectivity index (χ0) is 26.8. The fourth-order valence-corrected chi connectivity index (χ4v) is 5.16. The summed E-state index contributed by atoms with van der Waals surface area (Å²) >= 11 is 1.80. The number of rotatable bonds is 15. The lowest BCUT2D eigenvalue weighted by atomic mass is 10.1. The molecule has 0 unspecified atom stereocenters. The number of aryl methyl sites for hydroxylation is 2. The van der Waals surface area contributed by atoms with Crippen molar-refractivity contribution in [2.45, 2.75) is 33.6 Å². The number of nitrogens with zero attached hydrogens (tertiary/aromatic N) is 2. The minimum atomic E-state index is 0.00288. The predicted molar refractivity (Wildman–Crippen MR) is 150 cm³/mol. The molecule has 0 saturated carbocycles. The van der Waals surface area contributed by atoms with Crippen molar-refractivity contribution in [1.82, 2.24) is 5.32 Å². The van der Waals surface area contributed by atoms with E-state index in [0.717, 1.165) is 5.69 Å². The van der Waals surface area contributed by atoms with Crippen LogP contribution in [0.15, 0.2) is 42.5 Å². The number of amides is 1. The Morgan fingerprint density at radius 3 is 2.41 bits per heavy atom. The average molecular weight is 527 g/mol. The van der Waals surface area contributed by atoms with Crippen LogP contribution >= 0.6 is 11.3 Å². The number of hydrogen-bond donors (Lipinski definition) is 1. The Morgan fingerprint density at radius 2 is 1.70 bits per heavy atom. The first-order valence-electron chi connectivity index (χ1n) is 12.9. The first-order chi connectivity index (χ1) is 17.8. The van der Waals surface area contributed by atoms with E-state index < -0.39 is 0 Å². The van der Waals surface area contributed by atoms with Crippen LogP contribution in [-0.4, -0.2) is 58.3 Å². The van der Waals surface area contributed by atoms with Gasteiger partial charge in [-0.25, -0.2) is 0 Å². The highest BCUT2D eigenvalue weighted by molar-refractivity contribution is 7.21. The van der Waals surface area contributed by atoms with E-state index in [0.29, 0.717) is 52.4 Å². The number of carbonyl (C=O) groups is 2. The molecule has 7 nitrogen and oxygen atoms in total. The van der Waals surface area contributed by atoms with Crippen LogP contribution in [0.2, 0.25) is 0 Å².